The summed E-state index contributed by atoms with van der Waals surface area (Å²) in [6.07, 6.45) is 1.81. The van der Waals surface area contributed by atoms with E-state index in [-0.39, 0.29) is 11.6 Å². The van der Waals surface area contributed by atoms with Crippen molar-refractivity contribution in [1.82, 2.24) is 19.8 Å². The monoisotopic (exact) mass is 318 g/mol. The molecule has 1 aliphatic rings. The normalized spacial score (nSPS) is 17.6. The van der Waals surface area contributed by atoms with Gasteiger partial charge in [-0.2, -0.15) is 0 Å². The maximum atomic E-state index is 11.9. The molecule has 1 unspecified atom stereocenters. The number of rotatable bonds is 4. The van der Waals surface area contributed by atoms with E-state index in [9.17, 15) is 14.7 Å². The van der Waals surface area contributed by atoms with Crippen molar-refractivity contribution in [3.63, 3.8) is 0 Å². The molecule has 0 spiro atoms. The molecule has 3 rings (SSSR count). The van der Waals surface area contributed by atoms with Crippen LogP contribution < -0.4 is 5.32 Å². The number of likely N-dealkylation sites (tertiary alicyclic amines) is 1. The third kappa shape index (κ3) is 3.26. The van der Waals surface area contributed by atoms with E-state index in [0.717, 1.165) is 5.52 Å². The molecular formula is C15H18N4O4. The minimum Gasteiger partial charge on any atom is -0.478 e. The van der Waals surface area contributed by atoms with E-state index >= 15 is 0 Å². The Kier molecular flexibility index (Phi) is 4.16. The summed E-state index contributed by atoms with van der Waals surface area (Å²) in [5.41, 5.74) is 1.63. The Bertz CT molecular complexity index is 742. The Balaban J connectivity index is 1.59. The number of aliphatic hydroxyl groups excluding tert-OH is 1. The van der Waals surface area contributed by atoms with Crippen LogP contribution in [0.5, 0.6) is 0 Å². The Morgan fingerprint density at radius 1 is 1.39 bits per heavy atom. The number of carbonyl (C=O) groups is 2. The quantitative estimate of drug-likeness (QED) is 0.761. The van der Waals surface area contributed by atoms with Gasteiger partial charge in [0.05, 0.1) is 29.0 Å². The van der Waals surface area contributed by atoms with Gasteiger partial charge in [0.15, 0.2) is 0 Å². The van der Waals surface area contributed by atoms with Crippen molar-refractivity contribution in [3.8, 4) is 0 Å². The number of aliphatic hydroxyl groups is 1. The number of carbonyl (C=O) groups excluding carboxylic acids is 1. The summed E-state index contributed by atoms with van der Waals surface area (Å²) in [5, 5.41) is 21.2. The van der Waals surface area contributed by atoms with Crippen LogP contribution in [0.1, 0.15) is 16.8 Å². The molecule has 1 atom stereocenters. The smallest absolute Gasteiger partial charge is 0.335 e. The molecule has 2 amide bonds. The van der Waals surface area contributed by atoms with Crippen LogP contribution in [0.3, 0.4) is 0 Å². The molecule has 0 aliphatic carbocycles. The fourth-order valence-corrected chi connectivity index (χ4v) is 2.70. The van der Waals surface area contributed by atoms with Gasteiger partial charge in [0.25, 0.3) is 0 Å². The van der Waals surface area contributed by atoms with Gasteiger partial charge in [-0.1, -0.05) is 0 Å². The number of aromatic carboxylic acids is 1. The average Bonchev–Trinajstić information content (AvgIpc) is 3.13. The van der Waals surface area contributed by atoms with Crippen molar-refractivity contribution >= 4 is 23.0 Å². The molecule has 1 saturated heterocycles. The van der Waals surface area contributed by atoms with Gasteiger partial charge in [0.2, 0.25) is 0 Å². The van der Waals surface area contributed by atoms with Crippen molar-refractivity contribution in [2.24, 2.45) is 0 Å². The average molecular weight is 318 g/mol. The Morgan fingerprint density at radius 3 is 2.91 bits per heavy atom. The summed E-state index contributed by atoms with van der Waals surface area (Å²) in [4.78, 5) is 28.6. The highest BCUT2D eigenvalue weighted by Crippen LogP contribution is 2.15. The van der Waals surface area contributed by atoms with Crippen molar-refractivity contribution in [2.45, 2.75) is 19.1 Å². The molecular weight excluding hydrogens is 300 g/mol. The first-order valence-corrected chi connectivity index (χ1v) is 7.43. The van der Waals surface area contributed by atoms with Crippen molar-refractivity contribution in [3.05, 3.63) is 30.1 Å². The molecule has 8 nitrogen and oxygen atoms in total. The molecule has 1 aromatic carbocycles. The molecule has 1 aromatic heterocycles. The maximum absolute atomic E-state index is 11.9. The number of hydrogen-bond acceptors (Lipinski definition) is 4. The zero-order valence-corrected chi connectivity index (χ0v) is 12.5. The first kappa shape index (κ1) is 15.3. The zero-order chi connectivity index (χ0) is 16.4. The number of urea groups is 1. The molecule has 1 aliphatic heterocycles. The maximum Gasteiger partial charge on any atom is 0.335 e. The third-order valence-electron chi connectivity index (χ3n) is 3.95. The summed E-state index contributed by atoms with van der Waals surface area (Å²) >= 11 is 0. The molecule has 23 heavy (non-hydrogen) atoms. The second-order valence-electron chi connectivity index (χ2n) is 5.57. The molecule has 8 heteroatoms. The number of fused-ring (bicyclic) bond motifs is 1. The van der Waals surface area contributed by atoms with Gasteiger partial charge in [-0.15, -0.1) is 0 Å². The lowest BCUT2D eigenvalue weighted by Crippen LogP contribution is -2.40. The molecule has 2 heterocycles. The lowest BCUT2D eigenvalue weighted by Gasteiger charge is -2.16. The Hall–Kier alpha value is -2.61. The lowest BCUT2D eigenvalue weighted by molar-refractivity contribution is 0.0697. The minimum atomic E-state index is -0.985. The van der Waals surface area contributed by atoms with Gasteiger partial charge in [-0.25, -0.2) is 14.6 Å². The van der Waals surface area contributed by atoms with Crippen LogP contribution in [0.25, 0.3) is 11.0 Å². The van der Waals surface area contributed by atoms with Crippen molar-refractivity contribution in [2.75, 3.05) is 19.6 Å². The Labute approximate surface area is 132 Å². The van der Waals surface area contributed by atoms with Gasteiger partial charge in [-0.05, 0) is 24.6 Å². The number of β-amino-alcohol motifs (C(OH)–C–C–N with tert-alkyl or cyclic N) is 1. The van der Waals surface area contributed by atoms with Gasteiger partial charge in [0, 0.05) is 26.2 Å². The van der Waals surface area contributed by atoms with Crippen LogP contribution in [0, 0.1) is 0 Å². The SMILES string of the molecule is O=C(O)c1ccc2c(c1)ncn2CCNC(=O)N1CCC(O)C1. The summed E-state index contributed by atoms with van der Waals surface area (Å²) in [6, 6.07) is 4.59. The highest BCUT2D eigenvalue weighted by atomic mass is 16.4. The predicted octanol–water partition coefficient (Wildman–Crippen LogP) is 0.511. The van der Waals surface area contributed by atoms with Crippen molar-refractivity contribution < 1.29 is 19.8 Å². The van der Waals surface area contributed by atoms with Crippen LogP contribution in [-0.2, 0) is 6.54 Å². The van der Waals surface area contributed by atoms with Gasteiger partial charge < -0.3 is 25.0 Å². The van der Waals surface area contributed by atoms with E-state index in [1.54, 1.807) is 17.3 Å². The number of amides is 2. The fraction of sp³-hybridized carbons (Fsp3) is 0.400. The summed E-state index contributed by atoms with van der Waals surface area (Å²) < 4.78 is 1.86. The number of imidazole rings is 1. The summed E-state index contributed by atoms with van der Waals surface area (Å²) in [7, 11) is 0. The van der Waals surface area contributed by atoms with E-state index in [2.05, 4.69) is 10.3 Å². The molecule has 0 bridgehead atoms. The zero-order valence-electron chi connectivity index (χ0n) is 12.5. The second kappa shape index (κ2) is 6.25. The molecule has 0 radical (unpaired) electrons. The predicted molar refractivity (Wildman–Crippen MR) is 82.3 cm³/mol. The highest BCUT2D eigenvalue weighted by molar-refractivity contribution is 5.92. The lowest BCUT2D eigenvalue weighted by atomic mass is 10.2. The standard InChI is InChI=1S/C15H18N4O4/c20-11-3-5-18(8-11)15(23)16-4-6-19-9-17-12-7-10(14(21)22)1-2-13(12)19/h1-2,7,9,11,20H,3-6,8H2,(H,16,23)(H,21,22). The molecule has 0 saturated carbocycles. The third-order valence-corrected chi connectivity index (χ3v) is 3.95. The van der Waals surface area contributed by atoms with Gasteiger partial charge in [0.1, 0.15) is 0 Å². The van der Waals surface area contributed by atoms with Crippen LogP contribution in [-0.4, -0.2) is 62.4 Å². The number of carboxylic acid groups (broad SMARTS) is 1. The number of carboxylic acids is 1. The topological polar surface area (TPSA) is 108 Å². The number of nitrogens with one attached hydrogen (secondary N) is 1. The second-order valence-corrected chi connectivity index (χ2v) is 5.57. The number of benzene rings is 1. The number of nitrogens with zero attached hydrogens (tertiary/aromatic N) is 3. The minimum absolute atomic E-state index is 0.181. The van der Waals surface area contributed by atoms with E-state index in [0.29, 0.717) is 38.1 Å². The van der Waals surface area contributed by atoms with E-state index in [4.69, 9.17) is 5.11 Å². The molecule has 1 fully saturated rings. The molecule has 3 N–H and O–H groups in total. The molecule has 122 valence electrons. The first-order valence-electron chi connectivity index (χ1n) is 7.43. The van der Waals surface area contributed by atoms with Crippen LogP contribution >= 0.6 is 0 Å². The summed E-state index contributed by atoms with van der Waals surface area (Å²) in [6.45, 7) is 1.90. The van der Waals surface area contributed by atoms with Crippen LogP contribution in [0.4, 0.5) is 4.79 Å². The van der Waals surface area contributed by atoms with Crippen LogP contribution in [0.2, 0.25) is 0 Å². The van der Waals surface area contributed by atoms with E-state index in [1.165, 1.54) is 12.1 Å². The largest absolute Gasteiger partial charge is 0.478 e. The summed E-state index contributed by atoms with van der Waals surface area (Å²) in [5.74, 6) is -0.985. The highest BCUT2D eigenvalue weighted by Gasteiger charge is 2.24. The first-order chi connectivity index (χ1) is 11.0. The van der Waals surface area contributed by atoms with E-state index < -0.39 is 12.1 Å². The Morgan fingerprint density at radius 2 is 2.22 bits per heavy atom. The number of hydrogen-bond donors (Lipinski definition) is 3. The molecule has 2 aromatic rings. The van der Waals surface area contributed by atoms with Crippen molar-refractivity contribution in [1.29, 1.82) is 0 Å². The van der Waals surface area contributed by atoms with Gasteiger partial charge >= 0.3 is 12.0 Å². The fourth-order valence-electron chi connectivity index (χ4n) is 2.70. The van der Waals surface area contributed by atoms with E-state index in [1.807, 2.05) is 4.57 Å². The van der Waals surface area contributed by atoms with Crippen LogP contribution in [0.15, 0.2) is 24.5 Å². The number of aromatic nitrogens is 2. The van der Waals surface area contributed by atoms with Gasteiger partial charge in [-0.3, -0.25) is 0 Å².